The second kappa shape index (κ2) is 4.91. The predicted octanol–water partition coefficient (Wildman–Crippen LogP) is 1.06. The first-order valence-electron chi connectivity index (χ1n) is 8.47. The Kier molecular flexibility index (Phi) is 2.90. The lowest BCUT2D eigenvalue weighted by Crippen LogP contribution is -2.47. The summed E-state index contributed by atoms with van der Waals surface area (Å²) in [7, 11) is 0. The molecule has 124 valence electrons. The van der Waals surface area contributed by atoms with Gasteiger partial charge in [-0.3, -0.25) is 14.5 Å². The van der Waals surface area contributed by atoms with Crippen molar-refractivity contribution in [3.63, 3.8) is 0 Å². The van der Waals surface area contributed by atoms with Gasteiger partial charge in [-0.15, -0.1) is 0 Å². The highest BCUT2D eigenvalue weighted by molar-refractivity contribution is 5.81. The second-order valence-electron chi connectivity index (χ2n) is 6.88. The monoisotopic (exact) mass is 325 g/mol. The number of nitrogens with zero attached hydrogens (tertiary/aromatic N) is 2. The molecule has 0 unspecified atom stereocenters. The molecule has 1 aromatic heterocycles. The number of amides is 1. The number of ether oxygens (including phenoxy) is 1. The summed E-state index contributed by atoms with van der Waals surface area (Å²) in [6, 6.07) is 9.32. The zero-order valence-corrected chi connectivity index (χ0v) is 13.3. The maximum atomic E-state index is 12.3. The van der Waals surface area contributed by atoms with E-state index in [0.29, 0.717) is 31.5 Å². The minimum atomic E-state index is -0.422. The van der Waals surface area contributed by atoms with E-state index in [-0.39, 0.29) is 17.4 Å². The lowest BCUT2D eigenvalue weighted by molar-refractivity contribution is -0.136. The molecule has 1 spiro atoms. The van der Waals surface area contributed by atoms with Crippen molar-refractivity contribution in [2.45, 2.75) is 31.2 Å². The topological polar surface area (TPSA) is 65.6 Å². The maximum absolute atomic E-state index is 12.3. The fourth-order valence-electron chi connectivity index (χ4n) is 4.62. The van der Waals surface area contributed by atoms with E-state index in [1.807, 2.05) is 29.2 Å². The molecule has 5 rings (SSSR count). The van der Waals surface area contributed by atoms with Crippen LogP contribution in [-0.2, 0) is 16.1 Å². The molecule has 1 N–H and O–H groups in total. The van der Waals surface area contributed by atoms with Gasteiger partial charge in [-0.1, -0.05) is 12.1 Å². The fourth-order valence-corrected chi connectivity index (χ4v) is 4.62. The first-order valence-corrected chi connectivity index (χ1v) is 8.47. The van der Waals surface area contributed by atoms with E-state index in [0.717, 1.165) is 24.2 Å². The van der Waals surface area contributed by atoms with Crippen LogP contribution in [0.4, 0.5) is 0 Å². The number of benzene rings is 1. The smallest absolute Gasteiger partial charge is 0.226 e. The van der Waals surface area contributed by atoms with Gasteiger partial charge < -0.3 is 14.6 Å². The average Bonchev–Trinajstić information content (AvgIpc) is 3.21. The molecule has 0 saturated carbocycles. The van der Waals surface area contributed by atoms with Gasteiger partial charge in [0.25, 0.3) is 0 Å². The fraction of sp³-hybridized carbons (Fsp3) is 0.444. The molecule has 3 saturated heterocycles. The Morgan fingerprint density at radius 2 is 2.12 bits per heavy atom. The summed E-state index contributed by atoms with van der Waals surface area (Å²) < 4.78 is 6.01. The minimum absolute atomic E-state index is 0.0366. The summed E-state index contributed by atoms with van der Waals surface area (Å²) in [6.45, 7) is 2.85. The molecular weight excluding hydrogens is 306 g/mol. The van der Waals surface area contributed by atoms with Gasteiger partial charge in [0.15, 0.2) is 11.2 Å². The summed E-state index contributed by atoms with van der Waals surface area (Å²) in [4.78, 5) is 32.1. The van der Waals surface area contributed by atoms with Crippen molar-refractivity contribution in [1.82, 2.24) is 14.8 Å². The molecular formula is C18H19N3O3. The highest BCUT2D eigenvalue weighted by Gasteiger charge is 2.61. The molecule has 24 heavy (non-hydrogen) atoms. The molecule has 4 heterocycles. The zero-order valence-electron chi connectivity index (χ0n) is 13.3. The highest BCUT2D eigenvalue weighted by atomic mass is 16.5. The van der Waals surface area contributed by atoms with Crippen LogP contribution in [0.3, 0.4) is 0 Å². The number of aromatic amines is 1. The van der Waals surface area contributed by atoms with Crippen LogP contribution in [0.25, 0.3) is 10.9 Å². The van der Waals surface area contributed by atoms with Gasteiger partial charge in [0.2, 0.25) is 5.91 Å². The van der Waals surface area contributed by atoms with Crippen LogP contribution in [0, 0.1) is 0 Å². The number of para-hydroxylation sites is 1. The van der Waals surface area contributed by atoms with E-state index in [9.17, 15) is 9.59 Å². The third kappa shape index (κ3) is 1.84. The molecule has 3 aliphatic rings. The van der Waals surface area contributed by atoms with E-state index < -0.39 is 5.72 Å². The summed E-state index contributed by atoms with van der Waals surface area (Å²) in [5.74, 6) is 0.189. The van der Waals surface area contributed by atoms with Gasteiger partial charge in [-0.05, 0) is 12.1 Å². The third-order valence-electron chi connectivity index (χ3n) is 5.68. The van der Waals surface area contributed by atoms with Crippen LogP contribution >= 0.6 is 0 Å². The number of rotatable bonds is 2. The van der Waals surface area contributed by atoms with E-state index in [4.69, 9.17) is 4.74 Å². The molecule has 0 aliphatic carbocycles. The largest absolute Gasteiger partial charge is 0.357 e. The van der Waals surface area contributed by atoms with E-state index >= 15 is 0 Å². The van der Waals surface area contributed by atoms with Gasteiger partial charge in [-0.25, -0.2) is 0 Å². The van der Waals surface area contributed by atoms with E-state index in [2.05, 4.69) is 9.88 Å². The van der Waals surface area contributed by atoms with Crippen molar-refractivity contribution >= 4 is 16.8 Å². The van der Waals surface area contributed by atoms with Gasteiger partial charge >= 0.3 is 0 Å². The average molecular weight is 325 g/mol. The number of carbonyl (C=O) groups is 1. The Balaban J connectivity index is 1.47. The Hall–Kier alpha value is -2.18. The SMILES string of the molecule is O=C1C[C@H]2N(Cc3cc(=O)c4ccccc4[nH]3)CC[C@]23OCCN13. The molecule has 0 bridgehead atoms. The number of aromatic nitrogens is 1. The number of hydrogen-bond acceptors (Lipinski definition) is 4. The number of nitrogens with one attached hydrogen (secondary N) is 1. The molecule has 3 fully saturated rings. The molecule has 1 aromatic carbocycles. The first kappa shape index (κ1) is 14.2. The summed E-state index contributed by atoms with van der Waals surface area (Å²) >= 11 is 0. The number of carbonyl (C=O) groups excluding carboxylic acids is 1. The third-order valence-corrected chi connectivity index (χ3v) is 5.68. The van der Waals surface area contributed by atoms with Crippen molar-refractivity contribution in [2.75, 3.05) is 19.7 Å². The van der Waals surface area contributed by atoms with Crippen LogP contribution in [0.1, 0.15) is 18.5 Å². The molecule has 2 atom stereocenters. The van der Waals surface area contributed by atoms with Crippen LogP contribution in [0.5, 0.6) is 0 Å². The van der Waals surface area contributed by atoms with Crippen molar-refractivity contribution in [1.29, 1.82) is 0 Å². The van der Waals surface area contributed by atoms with Gasteiger partial charge in [0, 0.05) is 55.1 Å². The Bertz CT molecular complexity index is 892. The van der Waals surface area contributed by atoms with E-state index in [1.165, 1.54) is 0 Å². The van der Waals surface area contributed by atoms with Crippen molar-refractivity contribution < 1.29 is 9.53 Å². The molecule has 2 aromatic rings. The van der Waals surface area contributed by atoms with Crippen molar-refractivity contribution in [3.05, 3.63) is 46.2 Å². The van der Waals surface area contributed by atoms with Crippen molar-refractivity contribution in [2.24, 2.45) is 0 Å². The normalized spacial score (nSPS) is 29.4. The number of hydrogen-bond donors (Lipinski definition) is 1. The number of pyridine rings is 1. The Labute approximate surface area is 139 Å². The quantitative estimate of drug-likeness (QED) is 0.897. The maximum Gasteiger partial charge on any atom is 0.226 e. The van der Waals surface area contributed by atoms with Crippen LogP contribution in [0.15, 0.2) is 35.1 Å². The summed E-state index contributed by atoms with van der Waals surface area (Å²) in [5.41, 5.74) is 1.36. The van der Waals surface area contributed by atoms with Gasteiger partial charge in [0.05, 0.1) is 12.6 Å². The lowest BCUT2D eigenvalue weighted by atomic mass is 10.1. The summed E-state index contributed by atoms with van der Waals surface area (Å²) in [6.07, 6.45) is 1.36. The predicted molar refractivity (Wildman–Crippen MR) is 88.4 cm³/mol. The minimum Gasteiger partial charge on any atom is -0.357 e. The molecule has 6 heteroatoms. The lowest BCUT2D eigenvalue weighted by Gasteiger charge is -2.31. The van der Waals surface area contributed by atoms with Gasteiger partial charge in [-0.2, -0.15) is 0 Å². The standard InChI is InChI=1S/C18H19N3O3/c22-15-9-12(19-14-4-2-1-3-13(14)15)11-20-6-5-18-16(20)10-17(23)21(18)7-8-24-18/h1-4,9,16H,5-8,10-11H2,(H,19,22)/t16-,18+/m1/s1. The van der Waals surface area contributed by atoms with Gasteiger partial charge in [0.1, 0.15) is 0 Å². The first-order chi connectivity index (χ1) is 11.7. The molecule has 0 radical (unpaired) electrons. The molecule has 1 amide bonds. The van der Waals surface area contributed by atoms with Crippen LogP contribution in [0.2, 0.25) is 0 Å². The Morgan fingerprint density at radius 3 is 3.04 bits per heavy atom. The van der Waals surface area contributed by atoms with Crippen LogP contribution < -0.4 is 5.43 Å². The Morgan fingerprint density at radius 1 is 1.25 bits per heavy atom. The molecule has 3 aliphatic heterocycles. The molecule has 6 nitrogen and oxygen atoms in total. The van der Waals surface area contributed by atoms with Crippen molar-refractivity contribution in [3.8, 4) is 0 Å². The summed E-state index contributed by atoms with van der Waals surface area (Å²) in [5, 5.41) is 0.709. The highest BCUT2D eigenvalue weighted by Crippen LogP contribution is 2.45. The zero-order chi connectivity index (χ0) is 16.3. The number of H-pyrrole nitrogens is 1. The number of fused-ring (bicyclic) bond motifs is 1. The van der Waals surface area contributed by atoms with E-state index in [1.54, 1.807) is 6.07 Å². The number of likely N-dealkylation sites (tertiary alicyclic amines) is 1. The van der Waals surface area contributed by atoms with Crippen LogP contribution in [-0.4, -0.2) is 52.2 Å². The second-order valence-corrected chi connectivity index (χ2v) is 6.88.